The number of rotatable bonds is 6. The zero-order valence-corrected chi connectivity index (χ0v) is 15.1. The Hall–Kier alpha value is -3.50. The number of fused-ring (bicyclic) bond motifs is 1. The number of hydrogen-bond donors (Lipinski definition) is 4. The minimum Gasteiger partial charge on any atom is -0.505 e. The van der Waals surface area contributed by atoms with Gasteiger partial charge in [0.1, 0.15) is 6.33 Å². The largest absolute Gasteiger partial charge is 0.505 e. The normalized spacial score (nSPS) is 12.4. The van der Waals surface area contributed by atoms with Crippen molar-refractivity contribution in [1.82, 2.24) is 30.5 Å². The lowest BCUT2D eigenvalue weighted by Gasteiger charge is -2.14. The van der Waals surface area contributed by atoms with Crippen LogP contribution in [-0.4, -0.2) is 36.4 Å². The van der Waals surface area contributed by atoms with Crippen molar-refractivity contribution < 1.29 is 13.9 Å². The molecule has 0 aliphatic rings. The highest BCUT2D eigenvalue weighted by Crippen LogP contribution is 2.32. The summed E-state index contributed by atoms with van der Waals surface area (Å²) in [5.74, 6) is -3.28. The molecule has 0 aliphatic carbocycles. The van der Waals surface area contributed by atoms with E-state index in [9.17, 15) is 13.9 Å². The smallest absolute Gasteiger partial charge is 0.200 e. The van der Waals surface area contributed by atoms with E-state index in [2.05, 4.69) is 30.5 Å². The quantitative estimate of drug-likeness (QED) is 0.367. The summed E-state index contributed by atoms with van der Waals surface area (Å²) < 4.78 is 27.2. The Morgan fingerprint density at radius 1 is 1.24 bits per heavy atom. The molecule has 0 radical (unpaired) electrons. The predicted octanol–water partition coefficient (Wildman–Crippen LogP) is 2.02. The van der Waals surface area contributed by atoms with Crippen molar-refractivity contribution in [2.45, 2.75) is 19.1 Å². The van der Waals surface area contributed by atoms with Gasteiger partial charge in [0, 0.05) is 30.9 Å². The average molecular weight is 397 g/mol. The Balaban J connectivity index is 1.63. The number of phenols is 1. The molecular weight excluding hydrogens is 380 g/mol. The fourth-order valence-corrected chi connectivity index (χ4v) is 3.03. The average Bonchev–Trinajstić information content (AvgIpc) is 3.16. The third-order valence-electron chi connectivity index (χ3n) is 4.43. The van der Waals surface area contributed by atoms with Gasteiger partial charge in [0.25, 0.3) is 0 Å². The van der Waals surface area contributed by atoms with Crippen molar-refractivity contribution in [2.24, 2.45) is 5.73 Å². The molecule has 0 saturated heterocycles. The molecule has 0 amide bonds. The fourth-order valence-electron chi connectivity index (χ4n) is 3.03. The van der Waals surface area contributed by atoms with E-state index >= 15 is 0 Å². The minimum atomic E-state index is -1.31. The summed E-state index contributed by atoms with van der Waals surface area (Å²) in [7, 11) is 0. The summed E-state index contributed by atoms with van der Waals surface area (Å²) in [6, 6.07) is 5.85. The van der Waals surface area contributed by atoms with Crippen molar-refractivity contribution in [3.05, 3.63) is 65.9 Å². The first-order valence-electron chi connectivity index (χ1n) is 8.77. The molecule has 4 aromatic rings. The molecule has 0 saturated carbocycles. The number of aromatic amines is 1. The molecule has 29 heavy (non-hydrogen) atoms. The maximum atomic E-state index is 13.8. The van der Waals surface area contributed by atoms with E-state index in [4.69, 9.17) is 5.73 Å². The number of benzene rings is 1. The monoisotopic (exact) mass is 397 g/mol. The van der Waals surface area contributed by atoms with Crippen LogP contribution in [0.25, 0.3) is 22.3 Å². The van der Waals surface area contributed by atoms with Crippen LogP contribution in [-0.2, 0) is 13.0 Å². The first-order chi connectivity index (χ1) is 14.0. The van der Waals surface area contributed by atoms with Gasteiger partial charge >= 0.3 is 0 Å². The molecule has 0 spiro atoms. The van der Waals surface area contributed by atoms with Gasteiger partial charge in [-0.2, -0.15) is 9.49 Å². The zero-order chi connectivity index (χ0) is 20.4. The lowest BCUT2D eigenvalue weighted by atomic mass is 10.1. The van der Waals surface area contributed by atoms with Crippen LogP contribution in [0.4, 0.5) is 8.78 Å². The number of nitrogens with two attached hydrogens (primary N) is 1. The second kappa shape index (κ2) is 7.86. The molecule has 3 aromatic heterocycles. The van der Waals surface area contributed by atoms with Crippen LogP contribution >= 0.6 is 0 Å². The van der Waals surface area contributed by atoms with Crippen molar-refractivity contribution in [2.75, 3.05) is 0 Å². The third kappa shape index (κ3) is 3.89. The van der Waals surface area contributed by atoms with E-state index in [1.165, 1.54) is 6.33 Å². The predicted molar refractivity (Wildman–Crippen MR) is 101 cm³/mol. The molecule has 0 fully saturated rings. The van der Waals surface area contributed by atoms with Crippen LogP contribution in [0.3, 0.4) is 0 Å². The Bertz CT molecular complexity index is 1130. The van der Waals surface area contributed by atoms with Crippen LogP contribution in [0.1, 0.15) is 11.3 Å². The number of aromatic hydroxyl groups is 1. The summed E-state index contributed by atoms with van der Waals surface area (Å²) in [5, 5.41) is 20.2. The zero-order valence-electron chi connectivity index (χ0n) is 15.1. The van der Waals surface area contributed by atoms with E-state index in [1.54, 1.807) is 12.4 Å². The van der Waals surface area contributed by atoms with Crippen molar-refractivity contribution in [3.8, 4) is 17.0 Å². The lowest BCUT2D eigenvalue weighted by molar-refractivity contribution is 0.407. The SMILES string of the molecule is NC(Cc1ncnc2n[nH]c(-c3cc(O)c(F)c(F)c3)c12)NCc1cccnc1. The maximum Gasteiger partial charge on any atom is 0.200 e. The van der Waals surface area contributed by atoms with Gasteiger partial charge in [-0.1, -0.05) is 6.07 Å². The van der Waals surface area contributed by atoms with Crippen LogP contribution < -0.4 is 11.1 Å². The lowest BCUT2D eigenvalue weighted by Crippen LogP contribution is -2.39. The third-order valence-corrected chi connectivity index (χ3v) is 4.43. The Kier molecular flexibility index (Phi) is 5.10. The Morgan fingerprint density at radius 3 is 2.86 bits per heavy atom. The molecule has 1 unspecified atom stereocenters. The fraction of sp³-hybridized carbons (Fsp3) is 0.158. The molecule has 0 aliphatic heterocycles. The highest BCUT2D eigenvalue weighted by Gasteiger charge is 2.19. The van der Waals surface area contributed by atoms with E-state index in [0.717, 1.165) is 17.7 Å². The molecular formula is C19H17F2N7O. The van der Waals surface area contributed by atoms with Gasteiger partial charge < -0.3 is 10.8 Å². The molecule has 8 nitrogen and oxygen atoms in total. The maximum absolute atomic E-state index is 13.8. The van der Waals surface area contributed by atoms with Gasteiger partial charge in [0.05, 0.1) is 22.9 Å². The van der Waals surface area contributed by atoms with E-state index in [0.29, 0.717) is 35.4 Å². The number of phenolic OH excluding ortho intramolecular Hbond substituents is 1. The summed E-state index contributed by atoms with van der Waals surface area (Å²) in [4.78, 5) is 12.4. The minimum absolute atomic E-state index is 0.219. The second-order valence-corrected chi connectivity index (χ2v) is 6.46. The molecule has 1 atom stereocenters. The number of halogens is 2. The number of aromatic nitrogens is 5. The van der Waals surface area contributed by atoms with Crippen LogP contribution in [0.2, 0.25) is 0 Å². The second-order valence-electron chi connectivity index (χ2n) is 6.46. The summed E-state index contributed by atoms with van der Waals surface area (Å²) in [5.41, 5.74) is 8.70. The molecule has 3 heterocycles. The van der Waals surface area contributed by atoms with Crippen LogP contribution in [0.5, 0.6) is 5.75 Å². The Morgan fingerprint density at radius 2 is 2.10 bits per heavy atom. The molecule has 0 bridgehead atoms. The topological polar surface area (TPSA) is 126 Å². The van der Waals surface area contributed by atoms with Crippen molar-refractivity contribution in [1.29, 1.82) is 0 Å². The summed E-state index contributed by atoms with van der Waals surface area (Å²) in [6.45, 7) is 0.526. The van der Waals surface area contributed by atoms with Crippen molar-refractivity contribution >= 4 is 11.0 Å². The highest BCUT2D eigenvalue weighted by molar-refractivity contribution is 5.92. The first-order valence-corrected chi connectivity index (χ1v) is 8.77. The van der Waals surface area contributed by atoms with Crippen LogP contribution in [0.15, 0.2) is 43.0 Å². The van der Waals surface area contributed by atoms with Crippen LogP contribution in [0, 0.1) is 11.6 Å². The summed E-state index contributed by atoms with van der Waals surface area (Å²) in [6.07, 6.45) is 4.69. The number of nitrogens with one attached hydrogen (secondary N) is 2. The van der Waals surface area contributed by atoms with Crippen molar-refractivity contribution in [3.63, 3.8) is 0 Å². The van der Waals surface area contributed by atoms with E-state index in [-0.39, 0.29) is 5.56 Å². The van der Waals surface area contributed by atoms with Gasteiger partial charge in [-0.15, -0.1) is 0 Å². The Labute approximate surface area is 163 Å². The van der Waals surface area contributed by atoms with E-state index in [1.807, 2.05) is 12.1 Å². The number of nitrogens with zero attached hydrogens (tertiary/aromatic N) is 4. The molecule has 148 valence electrons. The molecule has 5 N–H and O–H groups in total. The number of hydrogen-bond acceptors (Lipinski definition) is 7. The standard InChI is InChI=1S/C19H17F2N7O/c20-12-4-11(5-14(29)17(12)21)18-16-13(25-9-26-19(16)28-27-18)6-15(22)24-8-10-2-1-3-23-7-10/h1-5,7,9,15,24,29H,6,8,22H2,(H,25,26,27,28). The van der Waals surface area contributed by atoms with Gasteiger partial charge in [-0.25, -0.2) is 14.4 Å². The van der Waals surface area contributed by atoms with Gasteiger partial charge in [0.15, 0.2) is 23.0 Å². The first kappa shape index (κ1) is 18.8. The summed E-state index contributed by atoms with van der Waals surface area (Å²) >= 11 is 0. The number of H-pyrrole nitrogens is 1. The number of pyridine rings is 1. The molecule has 1 aromatic carbocycles. The highest BCUT2D eigenvalue weighted by atomic mass is 19.2. The van der Waals surface area contributed by atoms with E-state index < -0.39 is 23.5 Å². The van der Waals surface area contributed by atoms with Gasteiger partial charge in [0.2, 0.25) is 0 Å². The van der Waals surface area contributed by atoms with Gasteiger partial charge in [-0.3, -0.25) is 15.4 Å². The van der Waals surface area contributed by atoms with Gasteiger partial charge in [-0.05, 0) is 23.8 Å². The molecule has 4 rings (SSSR count). The molecule has 10 heteroatoms.